The predicted octanol–water partition coefficient (Wildman–Crippen LogP) is 5.29. The smallest absolute Gasteiger partial charge is 0.184 e. The zero-order valence-corrected chi connectivity index (χ0v) is 14.6. The summed E-state index contributed by atoms with van der Waals surface area (Å²) in [4.78, 5) is 5.61. The summed E-state index contributed by atoms with van der Waals surface area (Å²) in [5.74, 6) is 0.338. The van der Waals surface area contributed by atoms with Crippen molar-refractivity contribution in [2.45, 2.75) is 31.6 Å². The first-order chi connectivity index (χ1) is 11.2. The molecule has 0 bridgehead atoms. The van der Waals surface area contributed by atoms with Gasteiger partial charge in [-0.1, -0.05) is 24.4 Å². The second kappa shape index (κ2) is 7.60. The lowest BCUT2D eigenvalue weighted by molar-refractivity contribution is 0.144. The number of hydrogen-bond donors (Lipinski definition) is 0. The molecule has 0 spiro atoms. The molecule has 23 heavy (non-hydrogen) atoms. The standard InChI is InChI=1S/C17H19ClFNO2S/c1-21-8-9-22-14-7-6-12(10-13(14)19)15-16(23-17(18)20-15)11-4-2-3-5-11/h6-7,10-11H,2-5,8-9H2,1H3. The van der Waals surface area contributed by atoms with E-state index >= 15 is 0 Å². The molecule has 1 saturated carbocycles. The molecule has 0 amide bonds. The highest BCUT2D eigenvalue weighted by Gasteiger charge is 2.24. The highest BCUT2D eigenvalue weighted by atomic mass is 35.5. The Morgan fingerprint density at radius 2 is 2.09 bits per heavy atom. The third-order valence-electron chi connectivity index (χ3n) is 4.10. The second-order valence-corrected chi connectivity index (χ2v) is 7.26. The summed E-state index contributed by atoms with van der Waals surface area (Å²) in [5, 5.41) is 0. The van der Waals surface area contributed by atoms with E-state index in [1.165, 1.54) is 35.1 Å². The van der Waals surface area contributed by atoms with Crippen molar-refractivity contribution in [3.8, 4) is 17.0 Å². The average molecular weight is 356 g/mol. The van der Waals surface area contributed by atoms with Crippen molar-refractivity contribution >= 4 is 22.9 Å². The van der Waals surface area contributed by atoms with Crippen LogP contribution >= 0.6 is 22.9 Å². The Morgan fingerprint density at radius 1 is 1.30 bits per heavy atom. The van der Waals surface area contributed by atoms with Crippen LogP contribution in [0.5, 0.6) is 5.75 Å². The normalized spacial score (nSPS) is 15.3. The van der Waals surface area contributed by atoms with Gasteiger partial charge in [-0.15, -0.1) is 11.3 Å². The molecule has 3 rings (SSSR count). The number of hydrogen-bond acceptors (Lipinski definition) is 4. The van der Waals surface area contributed by atoms with Gasteiger partial charge in [0.1, 0.15) is 6.61 Å². The molecule has 1 aliphatic carbocycles. The van der Waals surface area contributed by atoms with Crippen molar-refractivity contribution in [1.29, 1.82) is 0 Å². The van der Waals surface area contributed by atoms with E-state index in [-0.39, 0.29) is 11.6 Å². The second-order valence-electron chi connectivity index (χ2n) is 5.65. The monoisotopic (exact) mass is 355 g/mol. The highest BCUT2D eigenvalue weighted by Crippen LogP contribution is 2.43. The van der Waals surface area contributed by atoms with Crippen LogP contribution in [0.15, 0.2) is 18.2 Å². The largest absolute Gasteiger partial charge is 0.488 e. The number of ether oxygens (including phenoxy) is 2. The van der Waals surface area contributed by atoms with Crippen molar-refractivity contribution in [1.82, 2.24) is 4.98 Å². The van der Waals surface area contributed by atoms with Crippen molar-refractivity contribution in [2.75, 3.05) is 20.3 Å². The molecule has 1 fully saturated rings. The molecular formula is C17H19ClFNO2S. The number of halogens is 2. The number of thiazole rings is 1. The van der Waals surface area contributed by atoms with Gasteiger partial charge in [-0.25, -0.2) is 9.37 Å². The Morgan fingerprint density at radius 3 is 2.78 bits per heavy atom. The Hall–Kier alpha value is -1.17. The first-order valence-electron chi connectivity index (χ1n) is 7.77. The Labute approximate surface area is 144 Å². The molecule has 1 heterocycles. The summed E-state index contributed by atoms with van der Waals surface area (Å²) >= 11 is 7.64. The molecule has 124 valence electrons. The maximum Gasteiger partial charge on any atom is 0.184 e. The van der Waals surface area contributed by atoms with E-state index in [9.17, 15) is 4.39 Å². The van der Waals surface area contributed by atoms with E-state index in [4.69, 9.17) is 21.1 Å². The van der Waals surface area contributed by atoms with Gasteiger partial charge in [0.25, 0.3) is 0 Å². The first kappa shape index (κ1) is 16.7. The lowest BCUT2D eigenvalue weighted by Crippen LogP contribution is -2.05. The van der Waals surface area contributed by atoms with Crippen molar-refractivity contribution in [3.05, 3.63) is 33.4 Å². The van der Waals surface area contributed by atoms with Gasteiger partial charge < -0.3 is 9.47 Å². The van der Waals surface area contributed by atoms with Crippen molar-refractivity contribution in [3.63, 3.8) is 0 Å². The maximum absolute atomic E-state index is 14.3. The van der Waals surface area contributed by atoms with Crippen LogP contribution in [-0.2, 0) is 4.74 Å². The minimum absolute atomic E-state index is 0.231. The number of methoxy groups -OCH3 is 1. The summed E-state index contributed by atoms with van der Waals surface area (Å²) in [6.45, 7) is 0.747. The highest BCUT2D eigenvalue weighted by molar-refractivity contribution is 7.16. The number of nitrogens with zero attached hydrogens (tertiary/aromatic N) is 1. The molecule has 0 unspecified atom stereocenters. The Bertz CT molecular complexity index is 671. The molecule has 1 aliphatic rings. The summed E-state index contributed by atoms with van der Waals surface area (Å²) < 4.78 is 25.0. The van der Waals surface area contributed by atoms with Gasteiger partial charge in [0, 0.05) is 17.6 Å². The molecular weight excluding hydrogens is 337 g/mol. The van der Waals surface area contributed by atoms with Crippen LogP contribution < -0.4 is 4.74 Å². The average Bonchev–Trinajstić information content (AvgIpc) is 3.18. The van der Waals surface area contributed by atoms with Gasteiger partial charge in [0.15, 0.2) is 16.0 Å². The predicted molar refractivity (Wildman–Crippen MR) is 91.1 cm³/mol. The molecule has 0 N–H and O–H groups in total. The van der Waals surface area contributed by atoms with Crippen molar-refractivity contribution in [2.24, 2.45) is 0 Å². The molecule has 1 aromatic carbocycles. The van der Waals surface area contributed by atoms with E-state index in [2.05, 4.69) is 4.98 Å². The molecule has 0 atom stereocenters. The molecule has 0 aliphatic heterocycles. The summed E-state index contributed by atoms with van der Waals surface area (Å²) in [6, 6.07) is 4.97. The fraction of sp³-hybridized carbons (Fsp3) is 0.471. The van der Waals surface area contributed by atoms with Gasteiger partial charge in [0.2, 0.25) is 0 Å². The maximum atomic E-state index is 14.3. The van der Waals surface area contributed by atoms with Gasteiger partial charge in [-0.2, -0.15) is 0 Å². The Kier molecular flexibility index (Phi) is 5.51. The van der Waals surface area contributed by atoms with Crippen LogP contribution in [0.1, 0.15) is 36.5 Å². The van der Waals surface area contributed by atoms with Crippen molar-refractivity contribution < 1.29 is 13.9 Å². The lowest BCUT2D eigenvalue weighted by Gasteiger charge is -2.11. The zero-order valence-electron chi connectivity index (χ0n) is 13.0. The van der Waals surface area contributed by atoms with Crippen LogP contribution in [0.2, 0.25) is 4.47 Å². The third kappa shape index (κ3) is 3.84. The lowest BCUT2D eigenvalue weighted by atomic mass is 10.0. The molecule has 1 aromatic heterocycles. The van der Waals surface area contributed by atoms with Gasteiger partial charge in [0.05, 0.1) is 12.3 Å². The van der Waals surface area contributed by atoms with Gasteiger partial charge in [-0.05, 0) is 37.0 Å². The molecule has 0 saturated heterocycles. The number of benzene rings is 1. The number of rotatable bonds is 6. The topological polar surface area (TPSA) is 31.4 Å². The minimum Gasteiger partial charge on any atom is -0.488 e. The van der Waals surface area contributed by atoms with E-state index in [1.54, 1.807) is 13.2 Å². The molecule has 6 heteroatoms. The van der Waals surface area contributed by atoms with E-state index in [0.717, 1.165) is 24.1 Å². The van der Waals surface area contributed by atoms with Crippen LogP contribution in [0.4, 0.5) is 4.39 Å². The first-order valence-corrected chi connectivity index (χ1v) is 8.96. The van der Waals surface area contributed by atoms with Crippen LogP contribution in [0, 0.1) is 5.82 Å². The van der Waals surface area contributed by atoms with E-state index in [0.29, 0.717) is 23.6 Å². The Balaban J connectivity index is 1.85. The van der Waals surface area contributed by atoms with Crippen LogP contribution in [0.3, 0.4) is 0 Å². The third-order valence-corrected chi connectivity index (χ3v) is 5.43. The number of aromatic nitrogens is 1. The SMILES string of the molecule is COCCOc1ccc(-c2nc(Cl)sc2C2CCCC2)cc1F. The van der Waals surface area contributed by atoms with Gasteiger partial charge >= 0.3 is 0 Å². The zero-order chi connectivity index (χ0) is 16.2. The van der Waals surface area contributed by atoms with Crippen LogP contribution in [0.25, 0.3) is 11.3 Å². The fourth-order valence-corrected chi connectivity index (χ4v) is 4.29. The van der Waals surface area contributed by atoms with Crippen LogP contribution in [-0.4, -0.2) is 25.3 Å². The summed E-state index contributed by atoms with van der Waals surface area (Å²) in [5.41, 5.74) is 1.57. The molecule has 2 aromatic rings. The molecule has 0 radical (unpaired) electrons. The fourth-order valence-electron chi connectivity index (χ4n) is 2.98. The summed E-state index contributed by atoms with van der Waals surface area (Å²) in [6.07, 6.45) is 4.79. The van der Waals surface area contributed by atoms with Gasteiger partial charge in [-0.3, -0.25) is 0 Å². The van der Waals surface area contributed by atoms with E-state index < -0.39 is 0 Å². The minimum atomic E-state index is -0.389. The van der Waals surface area contributed by atoms with E-state index in [1.807, 2.05) is 6.07 Å². The molecule has 3 nitrogen and oxygen atoms in total. The summed E-state index contributed by atoms with van der Waals surface area (Å²) in [7, 11) is 1.58. The quantitative estimate of drug-likeness (QED) is 0.660.